The van der Waals surface area contributed by atoms with Gasteiger partial charge in [0.1, 0.15) is 5.75 Å². The maximum absolute atomic E-state index is 12.3. The summed E-state index contributed by atoms with van der Waals surface area (Å²) in [6.45, 7) is 8.28. The number of carbonyl (C=O) groups is 1. The SMILES string of the molecule is C=C(C(=O)OC)[C@H]1C[C@H]2c3[nH]c4ccc(-c5ccoc5)c(OC)c4c3CCN2C[C@H]1CC. The summed E-state index contributed by atoms with van der Waals surface area (Å²) in [5.74, 6) is 1.12. The molecule has 2 aliphatic rings. The minimum absolute atomic E-state index is 0.120. The fraction of sp³-hybridized carbons (Fsp3) is 0.423. The number of rotatable bonds is 5. The molecule has 32 heavy (non-hydrogen) atoms. The summed E-state index contributed by atoms with van der Waals surface area (Å²) >= 11 is 0. The van der Waals surface area contributed by atoms with Crippen LogP contribution in [0.15, 0.2) is 47.3 Å². The molecule has 0 unspecified atom stereocenters. The van der Waals surface area contributed by atoms with Gasteiger partial charge < -0.3 is 18.9 Å². The largest absolute Gasteiger partial charge is 0.495 e. The van der Waals surface area contributed by atoms with E-state index in [0.29, 0.717) is 11.5 Å². The number of nitrogens with zero attached hydrogens (tertiary/aromatic N) is 1. The van der Waals surface area contributed by atoms with E-state index in [0.717, 1.165) is 60.1 Å². The molecule has 2 aromatic heterocycles. The van der Waals surface area contributed by atoms with Crippen molar-refractivity contribution in [3.8, 4) is 16.9 Å². The van der Waals surface area contributed by atoms with Crippen LogP contribution in [0, 0.1) is 11.8 Å². The minimum atomic E-state index is -0.291. The summed E-state index contributed by atoms with van der Waals surface area (Å²) in [5, 5.41) is 1.15. The third kappa shape index (κ3) is 3.16. The second-order valence-corrected chi connectivity index (χ2v) is 8.89. The van der Waals surface area contributed by atoms with Crippen LogP contribution in [-0.2, 0) is 16.0 Å². The molecule has 4 heterocycles. The standard InChI is InChI=1S/C26H30N2O4/c1-5-16-13-28-10-8-19-23-21(7-6-18(25(23)30-3)17-9-11-32-14-17)27-24(19)22(28)12-20(16)15(2)26(29)31-4/h6-7,9,11,14,16,20,22,27H,2,5,8,10,12-13H2,1,3-4H3/t16-,20-,22+/m1/s1. The Morgan fingerprint density at radius 1 is 1.31 bits per heavy atom. The summed E-state index contributed by atoms with van der Waals surface area (Å²) in [5.41, 5.74) is 6.29. The molecule has 1 N–H and O–H groups in total. The van der Waals surface area contributed by atoms with E-state index in [1.807, 2.05) is 6.07 Å². The third-order valence-electron chi connectivity index (χ3n) is 7.45. The smallest absolute Gasteiger partial charge is 0.333 e. The van der Waals surface area contributed by atoms with Crippen molar-refractivity contribution >= 4 is 16.9 Å². The highest BCUT2D eigenvalue weighted by Crippen LogP contribution is 2.48. The lowest BCUT2D eigenvalue weighted by molar-refractivity contribution is -0.137. The summed E-state index contributed by atoms with van der Waals surface area (Å²) in [6.07, 6.45) is 6.29. The van der Waals surface area contributed by atoms with Gasteiger partial charge in [0.15, 0.2) is 0 Å². The molecule has 0 aliphatic carbocycles. The van der Waals surface area contributed by atoms with Crippen LogP contribution in [-0.4, -0.2) is 43.2 Å². The average Bonchev–Trinajstić information content (AvgIpc) is 3.49. The van der Waals surface area contributed by atoms with E-state index in [4.69, 9.17) is 13.9 Å². The van der Waals surface area contributed by atoms with Crippen LogP contribution < -0.4 is 4.74 Å². The average molecular weight is 435 g/mol. The van der Waals surface area contributed by atoms with Gasteiger partial charge in [-0.15, -0.1) is 0 Å². The number of esters is 1. The normalized spacial score (nSPS) is 22.9. The van der Waals surface area contributed by atoms with Gasteiger partial charge in [-0.1, -0.05) is 19.9 Å². The number of nitrogens with one attached hydrogen (secondary N) is 1. The van der Waals surface area contributed by atoms with Crippen LogP contribution in [0.5, 0.6) is 5.75 Å². The van der Waals surface area contributed by atoms with Crippen LogP contribution >= 0.6 is 0 Å². The maximum atomic E-state index is 12.3. The lowest BCUT2D eigenvalue weighted by Gasteiger charge is -2.46. The van der Waals surface area contributed by atoms with E-state index in [9.17, 15) is 4.79 Å². The summed E-state index contributed by atoms with van der Waals surface area (Å²) in [7, 11) is 3.17. The van der Waals surface area contributed by atoms with Crippen molar-refractivity contribution in [1.82, 2.24) is 9.88 Å². The zero-order valence-corrected chi connectivity index (χ0v) is 18.9. The fourth-order valence-electron chi connectivity index (χ4n) is 5.81. The molecule has 5 rings (SSSR count). The lowest BCUT2D eigenvalue weighted by Crippen LogP contribution is -2.46. The molecule has 6 nitrogen and oxygen atoms in total. The van der Waals surface area contributed by atoms with Crippen molar-refractivity contribution < 1.29 is 18.7 Å². The van der Waals surface area contributed by atoms with Gasteiger partial charge in [0.25, 0.3) is 0 Å². The topological polar surface area (TPSA) is 67.7 Å². The summed E-state index contributed by atoms with van der Waals surface area (Å²) in [4.78, 5) is 18.6. The van der Waals surface area contributed by atoms with Gasteiger partial charge in [0, 0.05) is 46.4 Å². The summed E-state index contributed by atoms with van der Waals surface area (Å²) < 4.78 is 16.3. The molecule has 0 saturated carbocycles. The van der Waals surface area contributed by atoms with E-state index in [2.05, 4.69) is 35.5 Å². The van der Waals surface area contributed by atoms with E-state index >= 15 is 0 Å². The number of hydrogen-bond acceptors (Lipinski definition) is 5. The first-order valence-electron chi connectivity index (χ1n) is 11.3. The molecular formula is C26H30N2O4. The Morgan fingerprint density at radius 3 is 2.84 bits per heavy atom. The second-order valence-electron chi connectivity index (χ2n) is 8.89. The highest BCUT2D eigenvalue weighted by Gasteiger charge is 2.42. The predicted molar refractivity (Wildman–Crippen MR) is 124 cm³/mol. The first kappa shape index (κ1) is 20.9. The van der Waals surface area contributed by atoms with Crippen LogP contribution in [0.3, 0.4) is 0 Å². The van der Waals surface area contributed by atoms with Crippen molar-refractivity contribution in [3.63, 3.8) is 0 Å². The second kappa shape index (κ2) is 8.17. The van der Waals surface area contributed by atoms with Crippen molar-refractivity contribution in [3.05, 3.63) is 54.1 Å². The Morgan fingerprint density at radius 2 is 2.16 bits per heavy atom. The van der Waals surface area contributed by atoms with Gasteiger partial charge in [-0.2, -0.15) is 0 Å². The van der Waals surface area contributed by atoms with E-state index in [-0.39, 0.29) is 17.9 Å². The van der Waals surface area contributed by atoms with Crippen molar-refractivity contribution in [2.75, 3.05) is 27.3 Å². The first-order valence-corrected chi connectivity index (χ1v) is 11.3. The fourth-order valence-corrected chi connectivity index (χ4v) is 5.81. The van der Waals surface area contributed by atoms with E-state index in [1.165, 1.54) is 18.4 Å². The van der Waals surface area contributed by atoms with Crippen LogP contribution in [0.1, 0.15) is 37.1 Å². The van der Waals surface area contributed by atoms with Gasteiger partial charge in [-0.3, -0.25) is 4.90 Å². The highest BCUT2D eigenvalue weighted by atomic mass is 16.5. The van der Waals surface area contributed by atoms with E-state index < -0.39 is 0 Å². The Kier molecular flexibility index (Phi) is 5.33. The van der Waals surface area contributed by atoms with E-state index in [1.54, 1.807) is 19.6 Å². The molecule has 0 amide bonds. The number of aromatic amines is 1. The third-order valence-corrected chi connectivity index (χ3v) is 7.45. The van der Waals surface area contributed by atoms with Crippen LogP contribution in [0.4, 0.5) is 0 Å². The number of hydrogen-bond donors (Lipinski definition) is 1. The molecule has 0 bridgehead atoms. The number of methoxy groups -OCH3 is 2. The Hall–Kier alpha value is -2.99. The van der Waals surface area contributed by atoms with Gasteiger partial charge in [-0.25, -0.2) is 4.79 Å². The Labute approximate surface area is 188 Å². The molecule has 1 aromatic carbocycles. The maximum Gasteiger partial charge on any atom is 0.333 e. The number of piperidine rings is 1. The zero-order chi connectivity index (χ0) is 22.4. The molecule has 1 fully saturated rings. The number of fused-ring (bicyclic) bond motifs is 5. The van der Waals surface area contributed by atoms with Gasteiger partial charge in [0.2, 0.25) is 0 Å². The quantitative estimate of drug-likeness (QED) is 0.446. The Balaban J connectivity index is 1.59. The monoisotopic (exact) mass is 434 g/mol. The molecule has 0 radical (unpaired) electrons. The molecule has 1 saturated heterocycles. The number of aromatic nitrogens is 1. The Bertz CT molecular complexity index is 1160. The lowest BCUT2D eigenvalue weighted by atomic mass is 9.74. The van der Waals surface area contributed by atoms with Crippen molar-refractivity contribution in [1.29, 1.82) is 0 Å². The van der Waals surface area contributed by atoms with Crippen molar-refractivity contribution in [2.24, 2.45) is 11.8 Å². The summed E-state index contributed by atoms with van der Waals surface area (Å²) in [6, 6.07) is 6.40. The molecule has 2 aliphatic heterocycles. The van der Waals surface area contributed by atoms with Gasteiger partial charge >= 0.3 is 5.97 Å². The number of H-pyrrole nitrogens is 1. The van der Waals surface area contributed by atoms with Gasteiger partial charge in [-0.05, 0) is 48.4 Å². The molecule has 0 spiro atoms. The molecular weight excluding hydrogens is 404 g/mol. The number of carbonyl (C=O) groups excluding carboxylic acids is 1. The number of benzene rings is 1. The molecule has 6 heteroatoms. The van der Waals surface area contributed by atoms with Crippen LogP contribution in [0.25, 0.3) is 22.0 Å². The molecule has 3 atom stereocenters. The zero-order valence-electron chi connectivity index (χ0n) is 18.9. The molecule has 168 valence electrons. The molecule has 3 aromatic rings. The number of ether oxygens (including phenoxy) is 2. The number of furan rings is 1. The van der Waals surface area contributed by atoms with Gasteiger partial charge in [0.05, 0.1) is 32.8 Å². The predicted octanol–water partition coefficient (Wildman–Crippen LogP) is 5.11. The van der Waals surface area contributed by atoms with Crippen LogP contribution in [0.2, 0.25) is 0 Å². The first-order chi connectivity index (χ1) is 15.6. The minimum Gasteiger partial charge on any atom is -0.495 e. The highest BCUT2D eigenvalue weighted by molar-refractivity contribution is 5.97. The van der Waals surface area contributed by atoms with Crippen molar-refractivity contribution in [2.45, 2.75) is 32.2 Å².